The summed E-state index contributed by atoms with van der Waals surface area (Å²) in [7, 11) is 3.50. The first-order chi connectivity index (χ1) is 13.2. The van der Waals surface area contributed by atoms with Gasteiger partial charge in [0.2, 0.25) is 0 Å². The first-order valence-electron chi connectivity index (χ1n) is 9.26. The zero-order chi connectivity index (χ0) is 19.1. The Bertz CT molecular complexity index is 787. The van der Waals surface area contributed by atoms with Gasteiger partial charge in [-0.3, -0.25) is 4.99 Å². The molecule has 0 bridgehead atoms. The van der Waals surface area contributed by atoms with Crippen molar-refractivity contribution in [1.29, 1.82) is 0 Å². The number of nitrogens with zero attached hydrogens (tertiary/aromatic N) is 2. The van der Waals surface area contributed by atoms with Crippen molar-refractivity contribution >= 4 is 51.6 Å². The van der Waals surface area contributed by atoms with Crippen LogP contribution >= 0.6 is 39.9 Å². The highest BCUT2D eigenvalue weighted by molar-refractivity contribution is 14.0. The molecule has 2 aromatic carbocycles. The first-order valence-corrected chi connectivity index (χ1v) is 10.0. The van der Waals surface area contributed by atoms with Crippen molar-refractivity contribution in [2.45, 2.75) is 13.0 Å². The average molecular weight is 559 g/mol. The Morgan fingerprint density at radius 2 is 2.04 bits per heavy atom. The van der Waals surface area contributed by atoms with Crippen LogP contribution in [0.25, 0.3) is 0 Å². The second kappa shape index (κ2) is 11.5. The van der Waals surface area contributed by atoms with Gasteiger partial charge in [-0.15, -0.1) is 24.0 Å². The normalized spacial score (nSPS) is 16.5. The maximum absolute atomic E-state index is 5.28. The lowest BCUT2D eigenvalue weighted by molar-refractivity contribution is 0.414. The SMILES string of the molecule is CN=C(NCc1cccc(OC)c1)NCC1CCN(c2cccc(Br)c2)C1.I. The molecule has 28 heavy (non-hydrogen) atoms. The fourth-order valence-corrected chi connectivity index (χ4v) is 3.72. The number of methoxy groups -OCH3 is 1. The summed E-state index contributed by atoms with van der Waals surface area (Å²) in [4.78, 5) is 6.79. The van der Waals surface area contributed by atoms with Gasteiger partial charge in [0.25, 0.3) is 0 Å². The van der Waals surface area contributed by atoms with E-state index in [9.17, 15) is 0 Å². The zero-order valence-corrected chi connectivity index (χ0v) is 20.2. The highest BCUT2D eigenvalue weighted by Crippen LogP contribution is 2.25. The Balaban J connectivity index is 0.00000280. The largest absolute Gasteiger partial charge is 0.497 e. The predicted molar refractivity (Wildman–Crippen MR) is 131 cm³/mol. The standard InChI is InChI=1S/C21H27BrN4O.HI/c1-23-21(24-13-16-5-3-8-20(11-16)27-2)25-14-17-9-10-26(15-17)19-7-4-6-18(22)12-19;/h3-8,11-12,17H,9-10,13-15H2,1-2H3,(H2,23,24,25);1H. The van der Waals surface area contributed by atoms with Crippen molar-refractivity contribution in [3.05, 3.63) is 58.6 Å². The van der Waals surface area contributed by atoms with Gasteiger partial charge in [-0.05, 0) is 48.2 Å². The molecule has 1 unspecified atom stereocenters. The van der Waals surface area contributed by atoms with Crippen molar-refractivity contribution < 1.29 is 4.74 Å². The van der Waals surface area contributed by atoms with Crippen molar-refractivity contribution in [2.24, 2.45) is 10.9 Å². The van der Waals surface area contributed by atoms with Crippen molar-refractivity contribution in [3.8, 4) is 5.75 Å². The lowest BCUT2D eigenvalue weighted by atomic mass is 10.1. The molecule has 1 atom stereocenters. The van der Waals surface area contributed by atoms with E-state index in [1.54, 1.807) is 7.11 Å². The van der Waals surface area contributed by atoms with Crippen molar-refractivity contribution in [3.63, 3.8) is 0 Å². The summed E-state index contributed by atoms with van der Waals surface area (Å²) in [5.74, 6) is 2.31. The number of aliphatic imine (C=N–C) groups is 1. The molecule has 7 heteroatoms. The molecule has 1 saturated heterocycles. The molecule has 1 fully saturated rings. The summed E-state index contributed by atoms with van der Waals surface area (Å²) in [6.45, 7) is 3.79. The Kier molecular flexibility index (Phi) is 9.37. The molecule has 2 aromatic rings. The minimum Gasteiger partial charge on any atom is -0.497 e. The van der Waals surface area contributed by atoms with E-state index >= 15 is 0 Å². The fourth-order valence-electron chi connectivity index (χ4n) is 3.34. The van der Waals surface area contributed by atoms with Crippen LogP contribution in [-0.2, 0) is 6.54 Å². The molecular weight excluding hydrogens is 531 g/mol. The monoisotopic (exact) mass is 558 g/mol. The minimum absolute atomic E-state index is 0. The molecule has 3 rings (SSSR count). The molecule has 0 amide bonds. The summed E-state index contributed by atoms with van der Waals surface area (Å²) in [5.41, 5.74) is 2.45. The van der Waals surface area contributed by atoms with Gasteiger partial charge in [-0.2, -0.15) is 0 Å². The molecule has 152 valence electrons. The number of benzene rings is 2. The summed E-state index contributed by atoms with van der Waals surface area (Å²) in [6.07, 6.45) is 1.19. The number of guanidine groups is 1. The number of hydrogen-bond acceptors (Lipinski definition) is 3. The molecule has 0 aliphatic carbocycles. The highest BCUT2D eigenvalue weighted by Gasteiger charge is 2.22. The van der Waals surface area contributed by atoms with E-state index in [1.165, 1.54) is 17.7 Å². The number of nitrogens with one attached hydrogen (secondary N) is 2. The Hall–Kier alpha value is -1.48. The van der Waals surface area contributed by atoms with Crippen LogP contribution in [0, 0.1) is 5.92 Å². The average Bonchev–Trinajstić information content (AvgIpc) is 3.17. The molecule has 0 saturated carbocycles. The first kappa shape index (κ1) is 22.8. The van der Waals surface area contributed by atoms with Crippen LogP contribution in [0.15, 0.2) is 58.0 Å². The van der Waals surface area contributed by atoms with Gasteiger partial charge < -0.3 is 20.3 Å². The molecule has 1 heterocycles. The number of ether oxygens (including phenoxy) is 1. The highest BCUT2D eigenvalue weighted by atomic mass is 127. The third-order valence-corrected chi connectivity index (χ3v) is 5.33. The molecule has 5 nitrogen and oxygen atoms in total. The van der Waals surface area contributed by atoms with Gasteiger partial charge >= 0.3 is 0 Å². The number of hydrogen-bond donors (Lipinski definition) is 2. The summed E-state index contributed by atoms with van der Waals surface area (Å²) in [5, 5.41) is 6.84. The molecule has 1 aliphatic heterocycles. The maximum Gasteiger partial charge on any atom is 0.191 e. The van der Waals surface area contributed by atoms with Gasteiger partial charge in [0.15, 0.2) is 5.96 Å². The lowest BCUT2D eigenvalue weighted by Gasteiger charge is -2.20. The van der Waals surface area contributed by atoms with Crippen molar-refractivity contribution in [2.75, 3.05) is 38.7 Å². The minimum atomic E-state index is 0. The Morgan fingerprint density at radius 1 is 1.21 bits per heavy atom. The van der Waals surface area contributed by atoms with Gasteiger partial charge in [-0.25, -0.2) is 0 Å². The summed E-state index contributed by atoms with van der Waals surface area (Å²) >= 11 is 3.56. The van der Waals surface area contributed by atoms with Crippen LogP contribution in [0.2, 0.25) is 0 Å². The van der Waals surface area contributed by atoms with E-state index in [0.29, 0.717) is 12.5 Å². The fraction of sp³-hybridized carbons (Fsp3) is 0.381. The van der Waals surface area contributed by atoms with E-state index in [4.69, 9.17) is 4.74 Å². The maximum atomic E-state index is 5.28. The van der Waals surface area contributed by atoms with Crippen LogP contribution in [0.1, 0.15) is 12.0 Å². The number of halogens is 2. The molecule has 0 aromatic heterocycles. The topological polar surface area (TPSA) is 48.9 Å². The van der Waals surface area contributed by atoms with E-state index in [0.717, 1.165) is 35.8 Å². The van der Waals surface area contributed by atoms with E-state index in [2.05, 4.69) is 66.8 Å². The van der Waals surface area contributed by atoms with Gasteiger partial charge in [0, 0.05) is 43.4 Å². The molecule has 0 spiro atoms. The van der Waals surface area contributed by atoms with Crippen LogP contribution in [0.3, 0.4) is 0 Å². The van der Waals surface area contributed by atoms with Gasteiger partial charge in [0.05, 0.1) is 7.11 Å². The molecular formula is C21H28BrIN4O. The molecule has 2 N–H and O–H groups in total. The Morgan fingerprint density at radius 3 is 2.79 bits per heavy atom. The van der Waals surface area contributed by atoms with Gasteiger partial charge in [0.1, 0.15) is 5.75 Å². The predicted octanol–water partition coefficient (Wildman–Crippen LogP) is 4.27. The van der Waals surface area contributed by atoms with Crippen molar-refractivity contribution in [1.82, 2.24) is 10.6 Å². The second-order valence-corrected chi connectivity index (χ2v) is 7.65. The van der Waals surface area contributed by atoms with E-state index in [1.807, 2.05) is 25.2 Å². The van der Waals surface area contributed by atoms with Crippen LogP contribution < -0.4 is 20.3 Å². The van der Waals surface area contributed by atoms with Gasteiger partial charge in [-0.1, -0.05) is 34.1 Å². The second-order valence-electron chi connectivity index (χ2n) is 6.74. The third-order valence-electron chi connectivity index (χ3n) is 4.84. The van der Waals surface area contributed by atoms with E-state index in [-0.39, 0.29) is 24.0 Å². The summed E-state index contributed by atoms with van der Waals surface area (Å²) in [6, 6.07) is 16.6. The smallest absolute Gasteiger partial charge is 0.191 e. The van der Waals surface area contributed by atoms with Crippen LogP contribution in [0.4, 0.5) is 5.69 Å². The van der Waals surface area contributed by atoms with Crippen LogP contribution in [-0.4, -0.2) is 39.8 Å². The third kappa shape index (κ3) is 6.55. The Labute approximate surface area is 193 Å². The molecule has 1 aliphatic rings. The van der Waals surface area contributed by atoms with Crippen LogP contribution in [0.5, 0.6) is 5.75 Å². The zero-order valence-electron chi connectivity index (χ0n) is 16.3. The number of rotatable bonds is 6. The summed E-state index contributed by atoms with van der Waals surface area (Å²) < 4.78 is 6.40. The number of anilines is 1. The quantitative estimate of drug-likeness (QED) is 0.316. The lowest BCUT2D eigenvalue weighted by Crippen LogP contribution is -2.39. The van der Waals surface area contributed by atoms with E-state index < -0.39 is 0 Å². The molecule has 0 radical (unpaired) electrons.